The van der Waals surface area contributed by atoms with Crippen LogP contribution in [0.4, 0.5) is 0 Å². The molecule has 0 saturated carbocycles. The summed E-state index contributed by atoms with van der Waals surface area (Å²) in [6.45, 7) is 0. The van der Waals surface area contributed by atoms with E-state index in [1.165, 1.54) is 0 Å². The molecule has 1 aromatic heterocycles. The second kappa shape index (κ2) is 5.25. The summed E-state index contributed by atoms with van der Waals surface area (Å²) >= 11 is 6.04. The Hall–Kier alpha value is -2.12. The predicted molar refractivity (Wildman–Crippen MR) is 80.1 cm³/mol. The standard InChI is InChI=1S/C17H12ClN/c18-17-11-15(13-7-3-1-4-8-13)16(12-19-17)14-9-5-2-6-10-14/h1-12H. The first-order valence-corrected chi connectivity index (χ1v) is 6.49. The molecule has 2 heteroatoms. The van der Waals surface area contributed by atoms with E-state index in [0.717, 1.165) is 22.3 Å². The van der Waals surface area contributed by atoms with Gasteiger partial charge in [0.15, 0.2) is 0 Å². The van der Waals surface area contributed by atoms with Crippen LogP contribution in [-0.2, 0) is 0 Å². The number of pyridine rings is 1. The van der Waals surface area contributed by atoms with Gasteiger partial charge < -0.3 is 0 Å². The number of halogens is 1. The molecule has 0 aliphatic carbocycles. The van der Waals surface area contributed by atoms with Crippen molar-refractivity contribution in [1.29, 1.82) is 0 Å². The van der Waals surface area contributed by atoms with Crippen molar-refractivity contribution in [2.75, 3.05) is 0 Å². The topological polar surface area (TPSA) is 12.9 Å². The van der Waals surface area contributed by atoms with Crippen LogP contribution in [0.25, 0.3) is 22.3 Å². The molecule has 0 spiro atoms. The molecule has 0 saturated heterocycles. The van der Waals surface area contributed by atoms with Gasteiger partial charge in [0.2, 0.25) is 0 Å². The monoisotopic (exact) mass is 265 g/mol. The van der Waals surface area contributed by atoms with Crippen molar-refractivity contribution in [3.63, 3.8) is 0 Å². The molecule has 1 nitrogen and oxygen atoms in total. The summed E-state index contributed by atoms with van der Waals surface area (Å²) in [7, 11) is 0. The van der Waals surface area contributed by atoms with Crippen molar-refractivity contribution in [2.24, 2.45) is 0 Å². The molecule has 19 heavy (non-hydrogen) atoms. The van der Waals surface area contributed by atoms with Crippen molar-refractivity contribution in [3.05, 3.63) is 78.1 Å². The van der Waals surface area contributed by atoms with Gasteiger partial charge in [-0.1, -0.05) is 72.3 Å². The van der Waals surface area contributed by atoms with Gasteiger partial charge in [-0.2, -0.15) is 0 Å². The fraction of sp³-hybridized carbons (Fsp3) is 0. The van der Waals surface area contributed by atoms with Crippen molar-refractivity contribution >= 4 is 11.6 Å². The van der Waals surface area contributed by atoms with Crippen LogP contribution in [0.2, 0.25) is 5.15 Å². The van der Waals surface area contributed by atoms with E-state index in [1.807, 2.05) is 48.7 Å². The summed E-state index contributed by atoms with van der Waals surface area (Å²) in [4.78, 5) is 4.21. The molecule has 0 aliphatic heterocycles. The Morgan fingerprint density at radius 1 is 0.684 bits per heavy atom. The number of aromatic nitrogens is 1. The van der Waals surface area contributed by atoms with Gasteiger partial charge in [0.05, 0.1) is 0 Å². The molecule has 0 bridgehead atoms. The third-order valence-electron chi connectivity index (χ3n) is 3.04. The lowest BCUT2D eigenvalue weighted by Gasteiger charge is -2.10. The first kappa shape index (κ1) is 11.9. The Morgan fingerprint density at radius 3 is 1.79 bits per heavy atom. The molecule has 92 valence electrons. The van der Waals surface area contributed by atoms with Gasteiger partial charge in [0.25, 0.3) is 0 Å². The summed E-state index contributed by atoms with van der Waals surface area (Å²) in [6.07, 6.45) is 1.83. The second-order valence-corrected chi connectivity index (χ2v) is 4.67. The number of hydrogen-bond acceptors (Lipinski definition) is 1. The highest BCUT2D eigenvalue weighted by Gasteiger charge is 2.08. The predicted octanol–water partition coefficient (Wildman–Crippen LogP) is 5.07. The van der Waals surface area contributed by atoms with E-state index in [-0.39, 0.29) is 0 Å². The number of nitrogens with zero attached hydrogens (tertiary/aromatic N) is 1. The highest BCUT2D eigenvalue weighted by Crippen LogP contribution is 2.32. The summed E-state index contributed by atoms with van der Waals surface area (Å²) in [6, 6.07) is 22.4. The summed E-state index contributed by atoms with van der Waals surface area (Å²) in [5.41, 5.74) is 4.49. The number of benzene rings is 2. The highest BCUT2D eigenvalue weighted by molar-refractivity contribution is 6.29. The molecule has 0 atom stereocenters. The van der Waals surface area contributed by atoms with Crippen molar-refractivity contribution in [1.82, 2.24) is 4.98 Å². The van der Waals surface area contributed by atoms with Gasteiger partial charge in [0.1, 0.15) is 5.15 Å². The molecule has 3 rings (SSSR count). The van der Waals surface area contributed by atoms with Crippen LogP contribution in [-0.4, -0.2) is 4.98 Å². The minimum atomic E-state index is 0.513. The average Bonchev–Trinajstić information content (AvgIpc) is 2.49. The van der Waals surface area contributed by atoms with Gasteiger partial charge in [-0.25, -0.2) is 4.98 Å². The van der Waals surface area contributed by atoms with Crippen molar-refractivity contribution in [3.8, 4) is 22.3 Å². The molecule has 2 aromatic carbocycles. The minimum Gasteiger partial charge on any atom is -0.244 e. The molecule has 0 N–H and O–H groups in total. The maximum Gasteiger partial charge on any atom is 0.129 e. The first-order chi connectivity index (χ1) is 9.34. The van der Waals surface area contributed by atoms with Crippen LogP contribution in [0.1, 0.15) is 0 Å². The summed E-state index contributed by atoms with van der Waals surface area (Å²) in [5, 5.41) is 0.513. The quantitative estimate of drug-likeness (QED) is 0.590. The van der Waals surface area contributed by atoms with E-state index in [9.17, 15) is 0 Å². The Kier molecular flexibility index (Phi) is 3.30. The Morgan fingerprint density at radius 2 is 1.21 bits per heavy atom. The zero-order valence-corrected chi connectivity index (χ0v) is 11.0. The average molecular weight is 266 g/mol. The fourth-order valence-corrected chi connectivity index (χ4v) is 2.29. The lowest BCUT2D eigenvalue weighted by molar-refractivity contribution is 1.33. The molecular formula is C17H12ClN. The Bertz CT molecular complexity index is 678. The normalized spacial score (nSPS) is 10.4. The fourth-order valence-electron chi connectivity index (χ4n) is 2.13. The minimum absolute atomic E-state index is 0.513. The highest BCUT2D eigenvalue weighted by atomic mass is 35.5. The number of rotatable bonds is 2. The van der Waals surface area contributed by atoms with Crippen LogP contribution in [0.15, 0.2) is 72.9 Å². The van der Waals surface area contributed by atoms with E-state index >= 15 is 0 Å². The Labute approximate surface area is 117 Å². The molecular weight excluding hydrogens is 254 g/mol. The van der Waals surface area contributed by atoms with Gasteiger partial charge in [0, 0.05) is 11.8 Å². The third kappa shape index (κ3) is 2.51. The lowest BCUT2D eigenvalue weighted by Crippen LogP contribution is -1.87. The molecule has 0 unspecified atom stereocenters. The first-order valence-electron chi connectivity index (χ1n) is 6.11. The van der Waals surface area contributed by atoms with Gasteiger partial charge in [-0.15, -0.1) is 0 Å². The third-order valence-corrected chi connectivity index (χ3v) is 3.25. The van der Waals surface area contributed by atoms with Gasteiger partial charge in [-0.05, 0) is 22.8 Å². The lowest BCUT2D eigenvalue weighted by atomic mass is 9.97. The van der Waals surface area contributed by atoms with E-state index in [2.05, 4.69) is 29.2 Å². The number of hydrogen-bond donors (Lipinski definition) is 0. The molecule has 0 aliphatic rings. The van der Waals surface area contributed by atoms with Crippen molar-refractivity contribution in [2.45, 2.75) is 0 Å². The van der Waals surface area contributed by atoms with E-state index in [4.69, 9.17) is 11.6 Å². The van der Waals surface area contributed by atoms with Crippen molar-refractivity contribution < 1.29 is 0 Å². The van der Waals surface area contributed by atoms with Crippen LogP contribution in [0, 0.1) is 0 Å². The van der Waals surface area contributed by atoms with Crippen LogP contribution in [0.5, 0.6) is 0 Å². The summed E-state index contributed by atoms with van der Waals surface area (Å²) in [5.74, 6) is 0. The van der Waals surface area contributed by atoms with Crippen LogP contribution in [0.3, 0.4) is 0 Å². The largest absolute Gasteiger partial charge is 0.244 e. The smallest absolute Gasteiger partial charge is 0.129 e. The van der Waals surface area contributed by atoms with E-state index in [0.29, 0.717) is 5.15 Å². The molecule has 0 fully saturated rings. The molecule has 0 amide bonds. The van der Waals surface area contributed by atoms with Gasteiger partial charge >= 0.3 is 0 Å². The summed E-state index contributed by atoms with van der Waals surface area (Å²) < 4.78 is 0. The molecule has 0 radical (unpaired) electrons. The molecule has 1 heterocycles. The maximum atomic E-state index is 6.04. The van der Waals surface area contributed by atoms with E-state index < -0.39 is 0 Å². The maximum absolute atomic E-state index is 6.04. The van der Waals surface area contributed by atoms with Crippen LogP contribution < -0.4 is 0 Å². The molecule has 3 aromatic rings. The SMILES string of the molecule is Clc1cc(-c2ccccc2)c(-c2ccccc2)cn1. The zero-order chi connectivity index (χ0) is 13.1. The Balaban J connectivity index is 2.21. The van der Waals surface area contributed by atoms with Crippen LogP contribution >= 0.6 is 11.6 Å². The van der Waals surface area contributed by atoms with E-state index in [1.54, 1.807) is 0 Å². The second-order valence-electron chi connectivity index (χ2n) is 4.28. The van der Waals surface area contributed by atoms with Gasteiger partial charge in [-0.3, -0.25) is 0 Å². The zero-order valence-electron chi connectivity index (χ0n) is 10.3.